The number of amides is 1. The topological polar surface area (TPSA) is 90.3 Å². The maximum atomic E-state index is 12.8. The maximum Gasteiger partial charge on any atom is 0.237 e. The zero-order chi connectivity index (χ0) is 20.5. The van der Waals surface area contributed by atoms with E-state index >= 15 is 0 Å². The minimum absolute atomic E-state index is 0.0000293. The van der Waals surface area contributed by atoms with Crippen molar-refractivity contribution in [2.24, 2.45) is 7.05 Å². The van der Waals surface area contributed by atoms with Crippen LogP contribution in [0.3, 0.4) is 0 Å². The molecule has 0 bridgehead atoms. The van der Waals surface area contributed by atoms with Crippen LogP contribution in [-0.2, 0) is 11.8 Å². The lowest BCUT2D eigenvalue weighted by atomic mass is 9.92. The molecule has 4 heterocycles. The van der Waals surface area contributed by atoms with E-state index in [1.54, 1.807) is 17.1 Å². The summed E-state index contributed by atoms with van der Waals surface area (Å²) in [5.74, 6) is 1.14. The van der Waals surface area contributed by atoms with Crippen molar-refractivity contribution < 1.29 is 14.3 Å². The molecule has 1 aromatic carbocycles. The summed E-state index contributed by atoms with van der Waals surface area (Å²) < 4.78 is 13.4. The standard InChI is InChI=1S/C22H23N5O3/c1-27-13-15(10-26-27)14-8-19-22(25-9-14)30-16(11-23-19)12-24-21(28)18-6-7-29-20-5-3-2-4-17(18)20/h2-5,8-10,13,16,18,23H,6-7,11-12H2,1H3,(H,24,28)/t16-,18?/m0/s1. The van der Waals surface area contributed by atoms with Crippen LogP contribution in [0.25, 0.3) is 11.1 Å². The molecule has 3 aromatic rings. The number of pyridine rings is 1. The summed E-state index contributed by atoms with van der Waals surface area (Å²) in [4.78, 5) is 17.2. The Kier molecular flexibility index (Phi) is 4.74. The van der Waals surface area contributed by atoms with Crippen LogP contribution in [0, 0.1) is 0 Å². The lowest BCUT2D eigenvalue weighted by molar-refractivity contribution is -0.123. The van der Waals surface area contributed by atoms with Crippen LogP contribution in [-0.4, -0.2) is 46.5 Å². The fraction of sp³-hybridized carbons (Fsp3) is 0.318. The van der Waals surface area contributed by atoms with Crippen molar-refractivity contribution in [1.82, 2.24) is 20.1 Å². The van der Waals surface area contributed by atoms with Crippen LogP contribution in [0.5, 0.6) is 11.6 Å². The molecule has 0 aliphatic carbocycles. The van der Waals surface area contributed by atoms with Crippen molar-refractivity contribution >= 4 is 11.6 Å². The van der Waals surface area contributed by atoms with Crippen molar-refractivity contribution in [1.29, 1.82) is 0 Å². The highest BCUT2D eigenvalue weighted by Crippen LogP contribution is 2.34. The monoisotopic (exact) mass is 405 g/mol. The number of aromatic nitrogens is 3. The molecule has 2 atom stereocenters. The van der Waals surface area contributed by atoms with Gasteiger partial charge in [0.2, 0.25) is 11.8 Å². The van der Waals surface area contributed by atoms with E-state index in [1.165, 1.54) is 0 Å². The van der Waals surface area contributed by atoms with E-state index in [0.29, 0.717) is 32.0 Å². The fourth-order valence-electron chi connectivity index (χ4n) is 3.89. The number of anilines is 1. The zero-order valence-corrected chi connectivity index (χ0v) is 16.7. The number of hydrogen-bond acceptors (Lipinski definition) is 6. The van der Waals surface area contributed by atoms with Gasteiger partial charge in [0.25, 0.3) is 0 Å². The molecule has 1 unspecified atom stereocenters. The van der Waals surface area contributed by atoms with E-state index in [-0.39, 0.29) is 17.9 Å². The van der Waals surface area contributed by atoms with Gasteiger partial charge in [-0.15, -0.1) is 0 Å². The van der Waals surface area contributed by atoms with E-state index in [4.69, 9.17) is 9.47 Å². The van der Waals surface area contributed by atoms with Gasteiger partial charge in [-0.3, -0.25) is 9.48 Å². The summed E-state index contributed by atoms with van der Waals surface area (Å²) in [6.07, 6.45) is 6.01. The van der Waals surface area contributed by atoms with Crippen molar-refractivity contribution in [3.63, 3.8) is 0 Å². The van der Waals surface area contributed by atoms with Crippen LogP contribution >= 0.6 is 0 Å². The normalized spacial score (nSPS) is 19.5. The third-order valence-corrected chi connectivity index (χ3v) is 5.47. The number of para-hydroxylation sites is 1. The van der Waals surface area contributed by atoms with Crippen LogP contribution in [0.4, 0.5) is 5.69 Å². The van der Waals surface area contributed by atoms with Gasteiger partial charge in [0.1, 0.15) is 11.9 Å². The Morgan fingerprint density at radius 2 is 2.20 bits per heavy atom. The molecule has 2 aliphatic rings. The lowest BCUT2D eigenvalue weighted by Gasteiger charge is -2.28. The van der Waals surface area contributed by atoms with E-state index in [1.807, 2.05) is 43.6 Å². The van der Waals surface area contributed by atoms with Gasteiger partial charge in [0.15, 0.2) is 0 Å². The Labute approximate surface area is 174 Å². The van der Waals surface area contributed by atoms with Crippen molar-refractivity contribution in [2.75, 3.05) is 25.0 Å². The van der Waals surface area contributed by atoms with Crippen LogP contribution in [0.15, 0.2) is 48.9 Å². The highest BCUT2D eigenvalue weighted by molar-refractivity contribution is 5.84. The molecule has 0 spiro atoms. The third kappa shape index (κ3) is 3.56. The number of hydrogen-bond donors (Lipinski definition) is 2. The minimum Gasteiger partial charge on any atom is -0.493 e. The highest BCUT2D eigenvalue weighted by Gasteiger charge is 2.28. The smallest absolute Gasteiger partial charge is 0.237 e. The first-order chi connectivity index (χ1) is 14.7. The van der Waals surface area contributed by atoms with Crippen molar-refractivity contribution in [3.05, 3.63) is 54.5 Å². The quantitative estimate of drug-likeness (QED) is 0.693. The van der Waals surface area contributed by atoms with Crippen LogP contribution in [0.2, 0.25) is 0 Å². The predicted octanol–water partition coefficient (Wildman–Crippen LogP) is 2.34. The van der Waals surface area contributed by atoms with Crippen molar-refractivity contribution in [2.45, 2.75) is 18.4 Å². The van der Waals surface area contributed by atoms with Gasteiger partial charge in [0, 0.05) is 36.1 Å². The SMILES string of the molecule is Cn1cc(-c2cnc3c(c2)NC[C@@H](CNC(=O)C2CCOc4ccccc42)O3)cn1. The number of ether oxygens (including phenoxy) is 2. The average molecular weight is 405 g/mol. The number of nitrogens with zero attached hydrogens (tertiary/aromatic N) is 3. The number of benzene rings is 1. The summed E-state index contributed by atoms with van der Waals surface area (Å²) >= 11 is 0. The van der Waals surface area contributed by atoms with Crippen molar-refractivity contribution in [3.8, 4) is 22.8 Å². The number of fused-ring (bicyclic) bond motifs is 2. The summed E-state index contributed by atoms with van der Waals surface area (Å²) in [5, 5.41) is 10.6. The fourth-order valence-corrected chi connectivity index (χ4v) is 3.89. The molecule has 0 radical (unpaired) electrons. The average Bonchev–Trinajstić information content (AvgIpc) is 3.23. The first-order valence-electron chi connectivity index (χ1n) is 10.1. The molecular formula is C22H23N5O3. The molecule has 0 saturated heterocycles. The second kappa shape index (κ2) is 7.70. The summed E-state index contributed by atoms with van der Waals surface area (Å²) in [6.45, 7) is 1.56. The first kappa shape index (κ1) is 18.5. The molecule has 154 valence electrons. The van der Waals surface area contributed by atoms with Gasteiger partial charge in [0.05, 0.1) is 37.5 Å². The second-order valence-electron chi connectivity index (χ2n) is 7.57. The number of carbonyl (C=O) groups is 1. The Morgan fingerprint density at radius 1 is 1.30 bits per heavy atom. The second-order valence-corrected chi connectivity index (χ2v) is 7.57. The summed E-state index contributed by atoms with van der Waals surface area (Å²) in [7, 11) is 1.88. The van der Waals surface area contributed by atoms with Gasteiger partial charge >= 0.3 is 0 Å². The lowest BCUT2D eigenvalue weighted by Crippen LogP contribution is -2.43. The molecule has 5 rings (SSSR count). The number of aryl methyl sites for hydroxylation is 1. The molecule has 0 fully saturated rings. The highest BCUT2D eigenvalue weighted by atomic mass is 16.5. The molecule has 8 heteroatoms. The molecule has 2 N–H and O–H groups in total. The van der Waals surface area contributed by atoms with Gasteiger partial charge in [-0.2, -0.15) is 5.10 Å². The molecule has 8 nitrogen and oxygen atoms in total. The Morgan fingerprint density at radius 3 is 3.07 bits per heavy atom. The van der Waals surface area contributed by atoms with Gasteiger partial charge in [-0.25, -0.2) is 4.98 Å². The van der Waals surface area contributed by atoms with E-state index in [0.717, 1.165) is 28.1 Å². The van der Waals surface area contributed by atoms with E-state index in [2.05, 4.69) is 20.7 Å². The molecule has 30 heavy (non-hydrogen) atoms. The largest absolute Gasteiger partial charge is 0.493 e. The van der Waals surface area contributed by atoms with Gasteiger partial charge in [-0.1, -0.05) is 18.2 Å². The van der Waals surface area contributed by atoms with E-state index < -0.39 is 0 Å². The number of nitrogens with one attached hydrogen (secondary N) is 2. The minimum atomic E-state index is -0.195. The maximum absolute atomic E-state index is 12.8. The molecule has 2 aromatic heterocycles. The molecule has 2 aliphatic heterocycles. The number of rotatable bonds is 4. The van der Waals surface area contributed by atoms with Crippen LogP contribution < -0.4 is 20.1 Å². The Balaban J connectivity index is 1.22. The predicted molar refractivity (Wildman–Crippen MR) is 112 cm³/mol. The summed E-state index contributed by atoms with van der Waals surface area (Å²) in [5.41, 5.74) is 3.76. The van der Waals surface area contributed by atoms with Gasteiger partial charge < -0.3 is 20.1 Å². The molecular weight excluding hydrogens is 382 g/mol. The number of carbonyl (C=O) groups excluding carboxylic acids is 1. The van der Waals surface area contributed by atoms with Crippen LogP contribution in [0.1, 0.15) is 17.9 Å². The molecule has 1 amide bonds. The molecule has 0 saturated carbocycles. The summed E-state index contributed by atoms with van der Waals surface area (Å²) in [6, 6.07) is 9.73. The van der Waals surface area contributed by atoms with Gasteiger partial charge in [-0.05, 0) is 18.6 Å². The zero-order valence-electron chi connectivity index (χ0n) is 16.7. The first-order valence-corrected chi connectivity index (χ1v) is 10.1. The third-order valence-electron chi connectivity index (χ3n) is 5.47. The van der Waals surface area contributed by atoms with E-state index in [9.17, 15) is 4.79 Å². The Hall–Kier alpha value is -3.55. The Bertz CT molecular complexity index is 1080.